The van der Waals surface area contributed by atoms with Crippen LogP contribution in [0.2, 0.25) is 0 Å². The number of nitrogens with zero attached hydrogens (tertiary/aromatic N) is 3. The van der Waals surface area contributed by atoms with E-state index < -0.39 is 6.09 Å². The molecule has 2 heterocycles. The van der Waals surface area contributed by atoms with Crippen LogP contribution in [0.4, 0.5) is 4.79 Å². The summed E-state index contributed by atoms with van der Waals surface area (Å²) in [5.41, 5.74) is 0. The molecule has 1 N–H and O–H groups in total. The second kappa shape index (κ2) is 7.56. The molecule has 112 valence electrons. The van der Waals surface area contributed by atoms with Gasteiger partial charge in [0, 0.05) is 44.4 Å². The maximum atomic E-state index is 10.9. The molecule has 1 aliphatic rings. The number of thiazole rings is 1. The first kappa shape index (κ1) is 15.2. The fourth-order valence-electron chi connectivity index (χ4n) is 2.53. The summed E-state index contributed by atoms with van der Waals surface area (Å²) in [6.45, 7) is 3.58. The number of carboxylic acid groups (broad SMARTS) is 1. The first-order chi connectivity index (χ1) is 9.70. The van der Waals surface area contributed by atoms with Gasteiger partial charge >= 0.3 is 6.09 Å². The summed E-state index contributed by atoms with van der Waals surface area (Å²) in [7, 11) is 1.70. The number of hydrogen-bond donors (Lipinski definition) is 1. The van der Waals surface area contributed by atoms with Crippen molar-refractivity contribution in [3.63, 3.8) is 0 Å². The Morgan fingerprint density at radius 1 is 1.60 bits per heavy atom. The lowest BCUT2D eigenvalue weighted by atomic mass is 10.0. The van der Waals surface area contributed by atoms with Crippen LogP contribution in [0.1, 0.15) is 17.8 Å². The van der Waals surface area contributed by atoms with Crippen molar-refractivity contribution in [2.45, 2.75) is 25.4 Å². The molecule has 1 aromatic heterocycles. The summed E-state index contributed by atoms with van der Waals surface area (Å²) in [6.07, 6.45) is 2.76. The summed E-state index contributed by atoms with van der Waals surface area (Å²) in [4.78, 5) is 19.1. The van der Waals surface area contributed by atoms with Crippen LogP contribution in [-0.2, 0) is 11.3 Å². The molecule has 1 amide bonds. The van der Waals surface area contributed by atoms with E-state index in [2.05, 4.69) is 9.88 Å². The van der Waals surface area contributed by atoms with E-state index in [9.17, 15) is 4.79 Å². The highest BCUT2D eigenvalue weighted by molar-refractivity contribution is 7.09. The van der Waals surface area contributed by atoms with Crippen LogP contribution in [-0.4, -0.2) is 65.4 Å². The molecule has 1 fully saturated rings. The number of rotatable bonds is 6. The van der Waals surface area contributed by atoms with Gasteiger partial charge in [0.1, 0.15) is 5.01 Å². The van der Waals surface area contributed by atoms with Crippen molar-refractivity contribution >= 4 is 17.4 Å². The summed E-state index contributed by atoms with van der Waals surface area (Å²) in [6, 6.07) is 0.407. The largest absolute Gasteiger partial charge is 0.465 e. The second-order valence-electron chi connectivity index (χ2n) is 4.89. The lowest BCUT2D eigenvalue weighted by Crippen LogP contribution is -2.47. The van der Waals surface area contributed by atoms with Crippen molar-refractivity contribution in [2.24, 2.45) is 0 Å². The number of amides is 1. The van der Waals surface area contributed by atoms with E-state index in [1.165, 1.54) is 4.90 Å². The van der Waals surface area contributed by atoms with Crippen molar-refractivity contribution in [1.29, 1.82) is 0 Å². The van der Waals surface area contributed by atoms with Gasteiger partial charge in [0.25, 0.3) is 0 Å². The highest BCUT2D eigenvalue weighted by Crippen LogP contribution is 2.19. The number of aromatic nitrogens is 1. The molecule has 7 heteroatoms. The molecule has 2 rings (SSSR count). The van der Waals surface area contributed by atoms with E-state index in [4.69, 9.17) is 9.84 Å². The Morgan fingerprint density at radius 2 is 2.35 bits per heavy atom. The predicted molar refractivity (Wildman–Crippen MR) is 77.0 cm³/mol. The average Bonchev–Trinajstić information content (AvgIpc) is 2.96. The molecule has 1 aromatic rings. The lowest BCUT2D eigenvalue weighted by molar-refractivity contribution is 0.0707. The number of carbonyl (C=O) groups is 1. The fourth-order valence-corrected chi connectivity index (χ4v) is 3.17. The predicted octanol–water partition coefficient (Wildman–Crippen LogP) is 1.73. The van der Waals surface area contributed by atoms with Crippen molar-refractivity contribution in [3.8, 4) is 0 Å². The molecule has 0 aliphatic carbocycles. The van der Waals surface area contributed by atoms with E-state index in [1.54, 1.807) is 18.4 Å². The summed E-state index contributed by atoms with van der Waals surface area (Å²) >= 11 is 1.66. The Labute approximate surface area is 123 Å². The molecule has 1 saturated heterocycles. The molecular weight excluding hydrogens is 278 g/mol. The maximum absolute atomic E-state index is 10.9. The molecule has 0 unspecified atom stereocenters. The number of likely N-dealkylation sites (tertiary alicyclic amines) is 1. The lowest BCUT2D eigenvalue weighted by Gasteiger charge is -2.37. The molecule has 0 bridgehead atoms. The van der Waals surface area contributed by atoms with Crippen LogP contribution in [0.5, 0.6) is 0 Å². The fraction of sp³-hybridized carbons (Fsp3) is 0.692. The first-order valence-corrected chi connectivity index (χ1v) is 7.68. The Balaban J connectivity index is 1.91. The van der Waals surface area contributed by atoms with Crippen molar-refractivity contribution in [1.82, 2.24) is 14.8 Å². The number of ether oxygens (including phenoxy) is 1. The van der Waals surface area contributed by atoms with Gasteiger partial charge in [-0.05, 0) is 12.8 Å². The van der Waals surface area contributed by atoms with E-state index in [0.29, 0.717) is 25.7 Å². The number of methoxy groups -OCH3 is 1. The Morgan fingerprint density at radius 3 is 2.90 bits per heavy atom. The molecular formula is C13H21N3O3S. The molecule has 0 spiro atoms. The molecule has 20 heavy (non-hydrogen) atoms. The van der Waals surface area contributed by atoms with E-state index in [0.717, 1.165) is 30.9 Å². The molecule has 0 atom stereocenters. The van der Waals surface area contributed by atoms with Crippen LogP contribution >= 0.6 is 11.3 Å². The van der Waals surface area contributed by atoms with Crippen LogP contribution in [0.25, 0.3) is 0 Å². The highest BCUT2D eigenvalue weighted by atomic mass is 32.1. The summed E-state index contributed by atoms with van der Waals surface area (Å²) in [5, 5.41) is 12.1. The third-order valence-electron chi connectivity index (χ3n) is 3.66. The van der Waals surface area contributed by atoms with Gasteiger partial charge < -0.3 is 14.7 Å². The van der Waals surface area contributed by atoms with Gasteiger partial charge in [-0.2, -0.15) is 0 Å². The van der Waals surface area contributed by atoms with E-state index in [-0.39, 0.29) is 0 Å². The molecule has 0 saturated carbocycles. The second-order valence-corrected chi connectivity index (χ2v) is 5.87. The van der Waals surface area contributed by atoms with Crippen LogP contribution < -0.4 is 0 Å². The zero-order valence-electron chi connectivity index (χ0n) is 11.7. The molecule has 0 radical (unpaired) electrons. The maximum Gasteiger partial charge on any atom is 0.407 e. The van der Waals surface area contributed by atoms with Gasteiger partial charge in [0.05, 0.1) is 13.2 Å². The third-order valence-corrected chi connectivity index (χ3v) is 4.42. The summed E-state index contributed by atoms with van der Waals surface area (Å²) in [5.74, 6) is 0. The minimum absolute atomic E-state index is 0.407. The quantitative estimate of drug-likeness (QED) is 0.866. The first-order valence-electron chi connectivity index (χ1n) is 6.80. The SMILES string of the molecule is COCCN(Cc1nccs1)C1CCN(C(=O)O)CC1. The van der Waals surface area contributed by atoms with E-state index in [1.807, 2.05) is 11.6 Å². The zero-order chi connectivity index (χ0) is 14.4. The van der Waals surface area contributed by atoms with Crippen LogP contribution in [0.3, 0.4) is 0 Å². The zero-order valence-corrected chi connectivity index (χ0v) is 12.5. The highest BCUT2D eigenvalue weighted by Gasteiger charge is 2.26. The topological polar surface area (TPSA) is 65.9 Å². The third kappa shape index (κ3) is 4.16. The summed E-state index contributed by atoms with van der Waals surface area (Å²) < 4.78 is 5.18. The normalized spacial score (nSPS) is 16.8. The minimum atomic E-state index is -0.813. The molecule has 0 aromatic carbocycles. The average molecular weight is 299 g/mol. The van der Waals surface area contributed by atoms with Gasteiger partial charge in [-0.15, -0.1) is 11.3 Å². The van der Waals surface area contributed by atoms with Crippen molar-refractivity contribution in [3.05, 3.63) is 16.6 Å². The number of piperidine rings is 1. The van der Waals surface area contributed by atoms with Crippen LogP contribution in [0, 0.1) is 0 Å². The van der Waals surface area contributed by atoms with Gasteiger partial charge in [0.15, 0.2) is 0 Å². The Hall–Kier alpha value is -1.18. The Bertz CT molecular complexity index is 405. The van der Waals surface area contributed by atoms with Crippen molar-refractivity contribution < 1.29 is 14.6 Å². The minimum Gasteiger partial charge on any atom is -0.465 e. The standard InChI is InChI=1S/C13H21N3O3S/c1-19-8-7-16(10-12-14-4-9-20-12)11-2-5-15(6-3-11)13(17)18/h4,9,11H,2-3,5-8,10H2,1H3,(H,17,18). The van der Waals surface area contributed by atoms with Gasteiger partial charge in [-0.1, -0.05) is 0 Å². The molecule has 6 nitrogen and oxygen atoms in total. The van der Waals surface area contributed by atoms with Gasteiger partial charge in [-0.25, -0.2) is 9.78 Å². The van der Waals surface area contributed by atoms with Gasteiger partial charge in [0.2, 0.25) is 0 Å². The Kier molecular flexibility index (Phi) is 5.75. The monoisotopic (exact) mass is 299 g/mol. The molecule has 1 aliphatic heterocycles. The number of hydrogen-bond acceptors (Lipinski definition) is 5. The van der Waals surface area contributed by atoms with E-state index >= 15 is 0 Å². The van der Waals surface area contributed by atoms with Gasteiger partial charge in [-0.3, -0.25) is 4.90 Å². The smallest absolute Gasteiger partial charge is 0.407 e. The van der Waals surface area contributed by atoms with Crippen molar-refractivity contribution in [2.75, 3.05) is 33.4 Å². The van der Waals surface area contributed by atoms with Crippen LogP contribution in [0.15, 0.2) is 11.6 Å².